The Labute approximate surface area is 136 Å². The van der Waals surface area contributed by atoms with Crippen LogP contribution in [0.15, 0.2) is 54.6 Å². The van der Waals surface area contributed by atoms with Crippen molar-refractivity contribution in [3.05, 3.63) is 60.2 Å². The lowest BCUT2D eigenvalue weighted by molar-refractivity contribution is -0.160. The lowest BCUT2D eigenvalue weighted by Crippen LogP contribution is -2.69. The highest BCUT2D eigenvalue weighted by molar-refractivity contribution is 6.08. The normalized spacial score (nSPS) is 23.5. The highest BCUT2D eigenvalue weighted by Crippen LogP contribution is 2.49. The fraction of sp³-hybridized carbons (Fsp3) is 0.316. The molecule has 1 saturated heterocycles. The van der Waals surface area contributed by atoms with Crippen LogP contribution >= 0.6 is 0 Å². The quantitative estimate of drug-likeness (QED) is 0.792. The maximum absolute atomic E-state index is 12.9. The number of methoxy groups -OCH3 is 2. The van der Waals surface area contributed by atoms with E-state index in [1.807, 2.05) is 66.4 Å². The first kappa shape index (κ1) is 15.6. The molecule has 0 spiro atoms. The maximum atomic E-state index is 12.9. The first-order valence-corrected chi connectivity index (χ1v) is 7.75. The number of benzene rings is 2. The minimum absolute atomic E-state index is 0.00141. The lowest BCUT2D eigenvalue weighted by Gasteiger charge is -2.55. The van der Waals surface area contributed by atoms with E-state index in [1.54, 1.807) is 14.2 Å². The van der Waals surface area contributed by atoms with Crippen molar-refractivity contribution < 1.29 is 14.3 Å². The fourth-order valence-electron chi connectivity index (χ4n) is 3.33. The molecule has 1 heterocycles. The summed E-state index contributed by atoms with van der Waals surface area (Å²) in [7, 11) is 3.24. The van der Waals surface area contributed by atoms with Gasteiger partial charge in [0.15, 0.2) is 5.60 Å². The number of carbonyl (C=O) groups is 1. The summed E-state index contributed by atoms with van der Waals surface area (Å²) >= 11 is 0. The number of hydrogen-bond donors (Lipinski definition) is 0. The Morgan fingerprint density at radius 1 is 1.04 bits per heavy atom. The van der Waals surface area contributed by atoms with Crippen molar-refractivity contribution in [3.8, 4) is 5.75 Å². The van der Waals surface area contributed by atoms with Crippen LogP contribution in [0.4, 0.5) is 5.69 Å². The van der Waals surface area contributed by atoms with Gasteiger partial charge in [-0.15, -0.1) is 0 Å². The largest absolute Gasteiger partial charge is 0.497 e. The molecule has 23 heavy (non-hydrogen) atoms. The van der Waals surface area contributed by atoms with Gasteiger partial charge >= 0.3 is 0 Å². The first-order valence-electron chi connectivity index (χ1n) is 7.75. The third-order valence-corrected chi connectivity index (χ3v) is 4.64. The standard InChI is InChI=1S/C19H21NO3/c1-4-19(23-3)17(14-8-6-5-7-9-14)20(18(19)21)15-10-12-16(22-2)13-11-15/h5-13,17H,4H2,1-3H3/t17?,19-/m0/s1. The molecule has 0 N–H and O–H groups in total. The number of hydrogen-bond acceptors (Lipinski definition) is 3. The second kappa shape index (κ2) is 6.05. The van der Waals surface area contributed by atoms with Crippen molar-refractivity contribution in [2.24, 2.45) is 0 Å². The Bertz CT molecular complexity index is 678. The van der Waals surface area contributed by atoms with Crippen molar-refractivity contribution in [3.63, 3.8) is 0 Å². The molecule has 0 saturated carbocycles. The molecular weight excluding hydrogens is 290 g/mol. The molecule has 1 amide bonds. The first-order chi connectivity index (χ1) is 11.2. The van der Waals surface area contributed by atoms with Crippen LogP contribution in [-0.2, 0) is 9.53 Å². The van der Waals surface area contributed by atoms with Gasteiger partial charge in [0.25, 0.3) is 5.91 Å². The number of amides is 1. The Morgan fingerprint density at radius 2 is 1.70 bits per heavy atom. The average Bonchev–Trinajstić information content (AvgIpc) is 2.62. The molecule has 1 unspecified atom stereocenters. The second-order valence-electron chi connectivity index (χ2n) is 5.63. The van der Waals surface area contributed by atoms with Crippen molar-refractivity contribution in [2.75, 3.05) is 19.1 Å². The highest BCUT2D eigenvalue weighted by Gasteiger charge is 2.61. The van der Waals surface area contributed by atoms with E-state index in [-0.39, 0.29) is 11.9 Å². The van der Waals surface area contributed by atoms with Gasteiger partial charge in [-0.25, -0.2) is 0 Å². The SMILES string of the molecule is CC[C@@]1(OC)C(=O)N(c2ccc(OC)cc2)C1c1ccccc1. The van der Waals surface area contributed by atoms with Crippen LogP contribution in [0, 0.1) is 0 Å². The number of nitrogens with zero attached hydrogens (tertiary/aromatic N) is 1. The van der Waals surface area contributed by atoms with Crippen molar-refractivity contribution in [2.45, 2.75) is 25.0 Å². The van der Waals surface area contributed by atoms with E-state index in [0.29, 0.717) is 6.42 Å². The number of rotatable bonds is 5. The topological polar surface area (TPSA) is 38.8 Å². The summed E-state index contributed by atoms with van der Waals surface area (Å²) in [6, 6.07) is 17.4. The van der Waals surface area contributed by atoms with Gasteiger partial charge in [0, 0.05) is 12.8 Å². The van der Waals surface area contributed by atoms with E-state index in [2.05, 4.69) is 0 Å². The molecule has 0 radical (unpaired) electrons. The minimum Gasteiger partial charge on any atom is -0.497 e. The molecule has 1 aliphatic heterocycles. The van der Waals surface area contributed by atoms with Gasteiger partial charge in [-0.2, -0.15) is 0 Å². The summed E-state index contributed by atoms with van der Waals surface area (Å²) in [5.74, 6) is 0.771. The molecule has 0 aliphatic carbocycles. The van der Waals surface area contributed by atoms with Gasteiger partial charge in [0.1, 0.15) is 11.8 Å². The summed E-state index contributed by atoms with van der Waals surface area (Å²) in [5.41, 5.74) is 1.14. The molecule has 0 aromatic heterocycles. The molecule has 120 valence electrons. The lowest BCUT2D eigenvalue weighted by atomic mass is 9.75. The van der Waals surface area contributed by atoms with E-state index in [0.717, 1.165) is 17.0 Å². The zero-order valence-electron chi connectivity index (χ0n) is 13.7. The van der Waals surface area contributed by atoms with E-state index in [1.165, 1.54) is 0 Å². The van der Waals surface area contributed by atoms with Crippen LogP contribution in [0.25, 0.3) is 0 Å². The zero-order chi connectivity index (χ0) is 16.4. The Kier molecular flexibility index (Phi) is 4.09. The maximum Gasteiger partial charge on any atom is 0.262 e. The Hall–Kier alpha value is -2.33. The molecule has 2 aromatic rings. The van der Waals surface area contributed by atoms with Crippen LogP contribution in [-0.4, -0.2) is 25.7 Å². The van der Waals surface area contributed by atoms with Gasteiger partial charge in [-0.1, -0.05) is 37.3 Å². The van der Waals surface area contributed by atoms with Gasteiger partial charge in [0.05, 0.1) is 7.11 Å². The fourth-order valence-corrected chi connectivity index (χ4v) is 3.33. The second-order valence-corrected chi connectivity index (χ2v) is 5.63. The summed E-state index contributed by atoms with van der Waals surface area (Å²) in [6.45, 7) is 1.99. The number of carbonyl (C=O) groups excluding carboxylic acids is 1. The summed E-state index contributed by atoms with van der Waals surface area (Å²) in [6.07, 6.45) is 0.633. The van der Waals surface area contributed by atoms with E-state index < -0.39 is 5.60 Å². The highest BCUT2D eigenvalue weighted by atomic mass is 16.5. The summed E-state index contributed by atoms with van der Waals surface area (Å²) < 4.78 is 10.9. The van der Waals surface area contributed by atoms with Crippen LogP contribution < -0.4 is 9.64 Å². The number of anilines is 1. The molecule has 2 atom stereocenters. The number of ether oxygens (including phenoxy) is 2. The number of β-lactam (4-membered cyclic amide) rings is 1. The monoisotopic (exact) mass is 311 g/mol. The Morgan fingerprint density at radius 3 is 2.22 bits per heavy atom. The van der Waals surface area contributed by atoms with Gasteiger partial charge in [0.2, 0.25) is 0 Å². The third kappa shape index (κ3) is 2.30. The van der Waals surface area contributed by atoms with Gasteiger partial charge in [-0.05, 0) is 36.2 Å². The van der Waals surface area contributed by atoms with E-state index in [4.69, 9.17) is 9.47 Å². The van der Waals surface area contributed by atoms with Gasteiger partial charge in [-0.3, -0.25) is 9.69 Å². The smallest absolute Gasteiger partial charge is 0.262 e. The predicted octanol–water partition coefficient (Wildman–Crippen LogP) is 3.58. The summed E-state index contributed by atoms with van der Waals surface area (Å²) in [5, 5.41) is 0. The molecule has 3 rings (SSSR count). The molecule has 0 bridgehead atoms. The van der Waals surface area contributed by atoms with Crippen LogP contribution in [0.1, 0.15) is 24.9 Å². The Balaban J connectivity index is 2.03. The van der Waals surface area contributed by atoms with E-state index >= 15 is 0 Å². The summed E-state index contributed by atoms with van der Waals surface area (Å²) in [4.78, 5) is 14.7. The van der Waals surface area contributed by atoms with Crippen molar-refractivity contribution in [1.29, 1.82) is 0 Å². The average molecular weight is 311 g/mol. The minimum atomic E-state index is -0.790. The van der Waals surface area contributed by atoms with Crippen molar-refractivity contribution >= 4 is 11.6 Å². The van der Waals surface area contributed by atoms with Crippen LogP contribution in [0.2, 0.25) is 0 Å². The van der Waals surface area contributed by atoms with Crippen molar-refractivity contribution in [1.82, 2.24) is 0 Å². The molecular formula is C19H21NO3. The van der Waals surface area contributed by atoms with Gasteiger partial charge < -0.3 is 9.47 Å². The molecule has 4 nitrogen and oxygen atoms in total. The van der Waals surface area contributed by atoms with E-state index in [9.17, 15) is 4.79 Å². The molecule has 1 aliphatic rings. The predicted molar refractivity (Wildman–Crippen MR) is 89.7 cm³/mol. The van der Waals surface area contributed by atoms with Crippen LogP contribution in [0.3, 0.4) is 0 Å². The van der Waals surface area contributed by atoms with Crippen LogP contribution in [0.5, 0.6) is 5.75 Å². The third-order valence-electron chi connectivity index (χ3n) is 4.64. The molecule has 2 aromatic carbocycles. The molecule has 1 fully saturated rings. The molecule has 4 heteroatoms. The zero-order valence-corrected chi connectivity index (χ0v) is 13.7.